The van der Waals surface area contributed by atoms with Crippen LogP contribution in [0.25, 0.3) is 0 Å². The molecule has 320 valence electrons. The molecule has 0 aliphatic heterocycles. The van der Waals surface area contributed by atoms with Crippen molar-refractivity contribution in [2.24, 2.45) is 0 Å². The van der Waals surface area contributed by atoms with Crippen molar-refractivity contribution < 1.29 is 32.9 Å². The fourth-order valence-corrected chi connectivity index (χ4v) is 7.28. The molecule has 0 rings (SSSR count). The van der Waals surface area contributed by atoms with E-state index in [1.54, 1.807) is 0 Å². The van der Waals surface area contributed by atoms with Gasteiger partial charge in [-0.1, -0.05) is 179 Å². The van der Waals surface area contributed by atoms with Crippen LogP contribution in [0.2, 0.25) is 0 Å². The Morgan fingerprint density at radius 2 is 1.06 bits per heavy atom. The van der Waals surface area contributed by atoms with E-state index in [-0.39, 0.29) is 19.1 Å². The number of aliphatic hydroxyl groups excluding tert-OH is 1. The van der Waals surface area contributed by atoms with Gasteiger partial charge in [0.2, 0.25) is 5.91 Å². The van der Waals surface area contributed by atoms with Crippen molar-refractivity contribution >= 4 is 13.7 Å². The molecule has 54 heavy (non-hydrogen) atoms. The molecule has 0 spiro atoms. The Balaban J connectivity index is 4.37. The second-order valence-corrected chi connectivity index (χ2v) is 18.2. The molecule has 0 bridgehead atoms. The minimum Gasteiger partial charge on any atom is -0.391 e. The first-order valence-electron chi connectivity index (χ1n) is 22.7. The molecule has 3 unspecified atom stereocenters. The van der Waals surface area contributed by atoms with E-state index >= 15 is 0 Å². The summed E-state index contributed by atoms with van der Waals surface area (Å²) in [5.74, 6) is -0.158. The van der Waals surface area contributed by atoms with E-state index in [0.29, 0.717) is 23.9 Å². The third-order valence-electron chi connectivity index (χ3n) is 10.2. The summed E-state index contributed by atoms with van der Waals surface area (Å²) in [6, 6.07) is -0.765. The van der Waals surface area contributed by atoms with E-state index in [1.807, 2.05) is 21.1 Å². The number of rotatable bonds is 41. The maximum Gasteiger partial charge on any atom is 0.472 e. The molecule has 8 nitrogen and oxygen atoms in total. The molecule has 9 heteroatoms. The standard InChI is InChI=1S/C45H89N2O6P/c1-6-8-10-12-14-16-18-20-22-23-25-26-28-30-32-34-36-38-44(48)43(42-53-54(50,51)52-41-40-47(3,4)5)46-45(49)39-37-35-33-31-29-27-24-21-19-17-15-13-11-9-7-2/h15,17,21,24,43-44,48H,6-14,16,18-20,22-23,25-42H2,1-5H3,(H-,46,49,50,51)/p+1/b17-15-,24-21-. The van der Waals surface area contributed by atoms with E-state index < -0.39 is 20.0 Å². The van der Waals surface area contributed by atoms with Crippen LogP contribution in [-0.4, -0.2) is 73.4 Å². The monoisotopic (exact) mass is 786 g/mol. The summed E-state index contributed by atoms with van der Waals surface area (Å²) in [4.78, 5) is 23.1. The summed E-state index contributed by atoms with van der Waals surface area (Å²) in [5, 5.41) is 14.0. The highest BCUT2D eigenvalue weighted by Crippen LogP contribution is 2.43. The Morgan fingerprint density at radius 3 is 1.56 bits per heavy atom. The zero-order valence-corrected chi connectivity index (χ0v) is 37.1. The third-order valence-corrected chi connectivity index (χ3v) is 11.2. The highest BCUT2D eigenvalue weighted by Gasteiger charge is 2.28. The number of quaternary nitrogens is 1. The first-order valence-corrected chi connectivity index (χ1v) is 24.2. The van der Waals surface area contributed by atoms with Gasteiger partial charge in [-0.2, -0.15) is 0 Å². The number of nitrogens with zero attached hydrogens (tertiary/aromatic N) is 1. The summed E-state index contributed by atoms with van der Waals surface area (Å²) in [7, 11) is 1.61. The van der Waals surface area contributed by atoms with Crippen LogP contribution in [0.15, 0.2) is 24.3 Å². The number of hydrogen-bond acceptors (Lipinski definition) is 5. The largest absolute Gasteiger partial charge is 0.472 e. The lowest BCUT2D eigenvalue weighted by Gasteiger charge is -2.26. The molecule has 0 fully saturated rings. The topological polar surface area (TPSA) is 105 Å². The Morgan fingerprint density at radius 1 is 0.630 bits per heavy atom. The Kier molecular flexibility index (Phi) is 36.8. The normalized spacial score (nSPS) is 14.6. The molecule has 0 saturated carbocycles. The molecule has 0 saturated heterocycles. The lowest BCUT2D eigenvalue weighted by molar-refractivity contribution is -0.870. The number of hydrogen-bond donors (Lipinski definition) is 3. The molecule has 3 N–H and O–H groups in total. The van der Waals surface area contributed by atoms with E-state index in [9.17, 15) is 19.4 Å². The van der Waals surface area contributed by atoms with Crippen LogP contribution in [0.4, 0.5) is 0 Å². The van der Waals surface area contributed by atoms with Crippen molar-refractivity contribution in [1.82, 2.24) is 5.32 Å². The van der Waals surface area contributed by atoms with Crippen LogP contribution in [0.3, 0.4) is 0 Å². The van der Waals surface area contributed by atoms with Gasteiger partial charge in [0.15, 0.2) is 0 Å². The third kappa shape index (κ3) is 39.2. The van der Waals surface area contributed by atoms with Crippen LogP contribution in [-0.2, 0) is 18.4 Å². The van der Waals surface area contributed by atoms with Crippen LogP contribution in [0, 0.1) is 0 Å². The number of phosphoric ester groups is 1. The lowest BCUT2D eigenvalue weighted by atomic mass is 10.0. The summed E-state index contributed by atoms with van der Waals surface area (Å²) >= 11 is 0. The number of nitrogens with one attached hydrogen (secondary N) is 1. The highest BCUT2D eigenvalue weighted by molar-refractivity contribution is 7.47. The molecule has 0 aliphatic rings. The number of unbranched alkanes of at least 4 members (excludes halogenated alkanes) is 24. The van der Waals surface area contributed by atoms with Crippen molar-refractivity contribution in [2.45, 2.75) is 219 Å². The fraction of sp³-hybridized carbons (Fsp3) is 0.889. The van der Waals surface area contributed by atoms with Gasteiger partial charge in [0.05, 0.1) is 39.9 Å². The van der Waals surface area contributed by atoms with Gasteiger partial charge in [0, 0.05) is 6.42 Å². The Hall–Kier alpha value is -1.02. The van der Waals surface area contributed by atoms with E-state index in [4.69, 9.17) is 9.05 Å². The molecule has 0 aromatic heterocycles. The van der Waals surface area contributed by atoms with Crippen molar-refractivity contribution in [3.05, 3.63) is 24.3 Å². The van der Waals surface area contributed by atoms with Crippen LogP contribution in [0.1, 0.15) is 206 Å². The van der Waals surface area contributed by atoms with Gasteiger partial charge in [0.25, 0.3) is 0 Å². The smallest absolute Gasteiger partial charge is 0.391 e. The Bertz CT molecular complexity index is 938. The van der Waals surface area contributed by atoms with Gasteiger partial charge in [-0.05, 0) is 44.9 Å². The molecule has 3 atom stereocenters. The quantitative estimate of drug-likeness (QED) is 0.0247. The number of carbonyl (C=O) groups excluding carboxylic acids is 1. The molecule has 0 heterocycles. The molecular formula is C45H90N2O6P+. The predicted octanol–water partition coefficient (Wildman–Crippen LogP) is 12.5. The number of phosphoric acid groups is 1. The molecular weight excluding hydrogens is 695 g/mol. The summed E-state index contributed by atoms with van der Waals surface area (Å²) in [5.41, 5.74) is 0. The Labute approximate surface area is 334 Å². The zero-order valence-electron chi connectivity index (χ0n) is 36.2. The van der Waals surface area contributed by atoms with Crippen molar-refractivity contribution in [3.8, 4) is 0 Å². The second-order valence-electron chi connectivity index (χ2n) is 16.8. The number of allylic oxidation sites excluding steroid dienone is 4. The van der Waals surface area contributed by atoms with E-state index in [2.05, 4.69) is 43.5 Å². The molecule has 0 radical (unpaired) electrons. The number of carbonyl (C=O) groups is 1. The van der Waals surface area contributed by atoms with Crippen molar-refractivity contribution in [3.63, 3.8) is 0 Å². The number of aliphatic hydroxyl groups is 1. The van der Waals surface area contributed by atoms with Gasteiger partial charge in [0.1, 0.15) is 13.2 Å². The summed E-state index contributed by atoms with van der Waals surface area (Å²) in [6.45, 7) is 4.85. The molecule has 0 aromatic carbocycles. The van der Waals surface area contributed by atoms with Crippen LogP contribution >= 0.6 is 7.82 Å². The summed E-state index contributed by atoms with van der Waals surface area (Å²) < 4.78 is 23.6. The first-order chi connectivity index (χ1) is 26.0. The van der Waals surface area contributed by atoms with Gasteiger partial charge in [-0.15, -0.1) is 0 Å². The summed E-state index contributed by atoms with van der Waals surface area (Å²) in [6.07, 6.45) is 43.4. The first kappa shape index (κ1) is 53.0. The average Bonchev–Trinajstić information content (AvgIpc) is 3.12. The molecule has 1 amide bonds. The minimum atomic E-state index is -4.31. The SMILES string of the molecule is CCCCC/C=C\C/C=C\CCCCCCCC(=O)NC(COP(=O)(O)OCC[N+](C)(C)C)C(O)CCCCCCCCCCCCCCCCCCC. The molecule has 0 aromatic rings. The van der Waals surface area contributed by atoms with Crippen LogP contribution in [0.5, 0.6) is 0 Å². The predicted molar refractivity (Wildman–Crippen MR) is 231 cm³/mol. The number of likely N-dealkylation sites (N-methyl/N-ethyl adjacent to an activating group) is 1. The van der Waals surface area contributed by atoms with Crippen molar-refractivity contribution in [2.75, 3.05) is 40.9 Å². The van der Waals surface area contributed by atoms with Gasteiger partial charge in [-0.3, -0.25) is 13.8 Å². The van der Waals surface area contributed by atoms with Crippen LogP contribution < -0.4 is 5.32 Å². The van der Waals surface area contributed by atoms with Crippen molar-refractivity contribution in [1.29, 1.82) is 0 Å². The lowest BCUT2D eigenvalue weighted by Crippen LogP contribution is -2.46. The minimum absolute atomic E-state index is 0.0724. The van der Waals surface area contributed by atoms with Gasteiger partial charge < -0.3 is 19.8 Å². The van der Waals surface area contributed by atoms with Gasteiger partial charge in [-0.25, -0.2) is 4.57 Å². The maximum atomic E-state index is 12.9. The fourth-order valence-electron chi connectivity index (χ4n) is 6.55. The second kappa shape index (κ2) is 37.6. The average molecular weight is 786 g/mol. The maximum absolute atomic E-state index is 12.9. The highest BCUT2D eigenvalue weighted by atomic mass is 31.2. The molecule has 0 aliphatic carbocycles. The van der Waals surface area contributed by atoms with Gasteiger partial charge >= 0.3 is 7.82 Å². The number of amides is 1. The van der Waals surface area contributed by atoms with E-state index in [1.165, 1.54) is 116 Å². The zero-order chi connectivity index (χ0) is 40.0. The van der Waals surface area contributed by atoms with E-state index in [0.717, 1.165) is 64.2 Å².